The van der Waals surface area contributed by atoms with Crippen molar-refractivity contribution in [1.29, 1.82) is 0 Å². The van der Waals surface area contributed by atoms with Crippen molar-refractivity contribution in [2.45, 2.75) is 32.1 Å². The first-order valence-corrected chi connectivity index (χ1v) is 5.52. The predicted molar refractivity (Wildman–Crippen MR) is 59.2 cm³/mol. The van der Waals surface area contributed by atoms with Crippen molar-refractivity contribution in [1.82, 2.24) is 0 Å². The van der Waals surface area contributed by atoms with Crippen LogP contribution in [0.25, 0.3) is 0 Å². The molecule has 1 unspecified atom stereocenters. The maximum absolute atomic E-state index is 13.2. The summed E-state index contributed by atoms with van der Waals surface area (Å²) >= 11 is 6.05. The highest BCUT2D eigenvalue weighted by molar-refractivity contribution is 6.20. The van der Waals surface area contributed by atoms with Crippen LogP contribution in [0.15, 0.2) is 18.2 Å². The van der Waals surface area contributed by atoms with Crippen LogP contribution >= 0.6 is 11.6 Å². The third-order valence-electron chi connectivity index (χ3n) is 2.43. The maximum Gasteiger partial charge on any atom is 0.129 e. The zero-order valence-corrected chi connectivity index (χ0v) is 9.69. The molecule has 1 rings (SSSR count). The lowest BCUT2D eigenvalue weighted by molar-refractivity contribution is 0.542. The van der Waals surface area contributed by atoms with Gasteiger partial charge in [0, 0.05) is 11.4 Å². The van der Waals surface area contributed by atoms with Crippen molar-refractivity contribution < 1.29 is 8.78 Å². The first kappa shape index (κ1) is 12.4. The Morgan fingerprint density at radius 2 is 1.93 bits per heavy atom. The van der Waals surface area contributed by atoms with Crippen molar-refractivity contribution >= 4 is 11.6 Å². The Morgan fingerprint density at radius 1 is 1.27 bits per heavy atom. The monoisotopic (exact) mass is 232 g/mol. The minimum Gasteiger partial charge on any atom is -0.207 e. The molecule has 0 aliphatic heterocycles. The molecular formula is C12H15ClF2. The molecule has 0 saturated carbocycles. The molecule has 1 aromatic carbocycles. The Bertz CT molecular complexity index is 323. The number of halogens is 3. The molecule has 84 valence electrons. The van der Waals surface area contributed by atoms with Gasteiger partial charge in [-0.25, -0.2) is 8.78 Å². The van der Waals surface area contributed by atoms with Crippen LogP contribution in [0.3, 0.4) is 0 Å². The SMILES string of the molecule is CC(C)C(Cl)CCc1ccc(F)cc1F. The van der Waals surface area contributed by atoms with Crippen molar-refractivity contribution in [3.63, 3.8) is 0 Å². The standard InChI is InChI=1S/C12H15ClF2/c1-8(2)11(13)6-4-9-3-5-10(14)7-12(9)15/h3,5,7-8,11H,4,6H2,1-2H3. The lowest BCUT2D eigenvalue weighted by Gasteiger charge is -2.13. The summed E-state index contributed by atoms with van der Waals surface area (Å²) in [5.41, 5.74) is 0.530. The first-order valence-electron chi connectivity index (χ1n) is 5.08. The molecule has 0 saturated heterocycles. The molecule has 0 aliphatic rings. The van der Waals surface area contributed by atoms with E-state index in [0.29, 0.717) is 24.3 Å². The Morgan fingerprint density at radius 3 is 2.47 bits per heavy atom. The molecule has 3 heteroatoms. The Hall–Kier alpha value is -0.630. The van der Waals surface area contributed by atoms with E-state index in [9.17, 15) is 8.78 Å². The second-order valence-corrected chi connectivity index (χ2v) is 4.60. The van der Waals surface area contributed by atoms with Gasteiger partial charge < -0.3 is 0 Å². The molecule has 0 radical (unpaired) electrons. The largest absolute Gasteiger partial charge is 0.207 e. The van der Waals surface area contributed by atoms with Crippen molar-refractivity contribution in [3.8, 4) is 0 Å². The second-order valence-electron chi connectivity index (χ2n) is 4.03. The first-order chi connectivity index (χ1) is 7.00. The van der Waals surface area contributed by atoms with Crippen molar-refractivity contribution in [2.75, 3.05) is 0 Å². The zero-order chi connectivity index (χ0) is 11.4. The van der Waals surface area contributed by atoms with Gasteiger partial charge in [-0.3, -0.25) is 0 Å². The summed E-state index contributed by atoms with van der Waals surface area (Å²) in [5, 5.41) is 0.0365. The van der Waals surface area contributed by atoms with Crippen LogP contribution in [0.1, 0.15) is 25.8 Å². The molecule has 0 bridgehead atoms. The summed E-state index contributed by atoms with van der Waals surface area (Å²) in [6, 6.07) is 3.67. The van der Waals surface area contributed by atoms with Gasteiger partial charge >= 0.3 is 0 Å². The normalized spacial score (nSPS) is 13.2. The van der Waals surface area contributed by atoms with E-state index in [1.165, 1.54) is 12.1 Å². The maximum atomic E-state index is 13.2. The Labute approximate surface area is 94.3 Å². The zero-order valence-electron chi connectivity index (χ0n) is 8.93. The van der Waals surface area contributed by atoms with Crippen LogP contribution in [-0.2, 0) is 6.42 Å². The fraction of sp³-hybridized carbons (Fsp3) is 0.500. The summed E-state index contributed by atoms with van der Waals surface area (Å²) in [4.78, 5) is 0. The van der Waals surface area contributed by atoms with Crippen molar-refractivity contribution in [2.24, 2.45) is 5.92 Å². The van der Waals surface area contributed by atoms with Gasteiger partial charge in [0.25, 0.3) is 0 Å². The summed E-state index contributed by atoms with van der Waals surface area (Å²) in [7, 11) is 0. The molecule has 0 heterocycles. The smallest absolute Gasteiger partial charge is 0.129 e. The van der Waals surface area contributed by atoms with E-state index >= 15 is 0 Å². The molecule has 0 N–H and O–H groups in total. The number of alkyl halides is 1. The molecule has 0 fully saturated rings. The van der Waals surface area contributed by atoms with Crippen LogP contribution in [0, 0.1) is 17.6 Å². The van der Waals surface area contributed by atoms with Gasteiger partial charge in [-0.15, -0.1) is 11.6 Å². The Kier molecular flexibility index (Phi) is 4.52. The number of aryl methyl sites for hydroxylation is 1. The second kappa shape index (κ2) is 5.45. The molecule has 0 spiro atoms. The highest BCUT2D eigenvalue weighted by Crippen LogP contribution is 2.18. The third kappa shape index (κ3) is 3.78. The fourth-order valence-electron chi connectivity index (χ4n) is 1.35. The van der Waals surface area contributed by atoms with Crippen molar-refractivity contribution in [3.05, 3.63) is 35.4 Å². The number of benzene rings is 1. The van der Waals surface area contributed by atoms with Gasteiger partial charge in [-0.1, -0.05) is 19.9 Å². The molecular weight excluding hydrogens is 218 g/mol. The topological polar surface area (TPSA) is 0 Å². The van der Waals surface area contributed by atoms with E-state index in [-0.39, 0.29) is 5.38 Å². The molecule has 1 atom stereocenters. The summed E-state index contributed by atoms with van der Waals surface area (Å²) in [6.07, 6.45) is 1.26. The van der Waals surface area contributed by atoms with Gasteiger partial charge in [0.05, 0.1) is 0 Å². The summed E-state index contributed by atoms with van der Waals surface area (Å²) < 4.78 is 25.8. The molecule has 0 nitrogen and oxygen atoms in total. The van der Waals surface area contributed by atoms with E-state index in [1.54, 1.807) is 0 Å². The Balaban J connectivity index is 2.58. The summed E-state index contributed by atoms with van der Waals surface area (Å²) in [6.45, 7) is 4.05. The highest BCUT2D eigenvalue weighted by Gasteiger charge is 2.11. The minimum atomic E-state index is -0.539. The van der Waals surface area contributed by atoms with E-state index in [0.717, 1.165) is 6.07 Å². The van der Waals surface area contributed by atoms with Crippen LogP contribution in [0.2, 0.25) is 0 Å². The summed E-state index contributed by atoms with van der Waals surface area (Å²) in [5.74, 6) is -0.652. The van der Waals surface area contributed by atoms with Gasteiger partial charge in [0.15, 0.2) is 0 Å². The third-order valence-corrected chi connectivity index (χ3v) is 3.15. The van der Waals surface area contributed by atoms with Crippen LogP contribution in [0.4, 0.5) is 8.78 Å². The van der Waals surface area contributed by atoms with Gasteiger partial charge in [-0.05, 0) is 30.4 Å². The average Bonchev–Trinajstić information content (AvgIpc) is 2.15. The number of hydrogen-bond acceptors (Lipinski definition) is 0. The lowest BCUT2D eigenvalue weighted by atomic mass is 10.0. The van der Waals surface area contributed by atoms with E-state index in [2.05, 4.69) is 0 Å². The quantitative estimate of drug-likeness (QED) is 0.684. The van der Waals surface area contributed by atoms with Crippen LogP contribution in [0.5, 0.6) is 0 Å². The van der Waals surface area contributed by atoms with E-state index < -0.39 is 11.6 Å². The predicted octanol–water partition coefficient (Wildman–Crippen LogP) is 4.16. The van der Waals surface area contributed by atoms with Gasteiger partial charge in [0.1, 0.15) is 11.6 Å². The molecule has 15 heavy (non-hydrogen) atoms. The van der Waals surface area contributed by atoms with Crippen LogP contribution < -0.4 is 0 Å². The molecule has 0 aromatic heterocycles. The fourth-order valence-corrected chi connectivity index (χ4v) is 1.46. The minimum absolute atomic E-state index is 0.0365. The number of hydrogen-bond donors (Lipinski definition) is 0. The lowest BCUT2D eigenvalue weighted by Crippen LogP contribution is -2.09. The van der Waals surface area contributed by atoms with Gasteiger partial charge in [-0.2, -0.15) is 0 Å². The van der Waals surface area contributed by atoms with E-state index in [4.69, 9.17) is 11.6 Å². The molecule has 0 aliphatic carbocycles. The average molecular weight is 233 g/mol. The van der Waals surface area contributed by atoms with Crippen LogP contribution in [-0.4, -0.2) is 5.38 Å². The highest BCUT2D eigenvalue weighted by atomic mass is 35.5. The number of rotatable bonds is 4. The molecule has 0 amide bonds. The molecule has 1 aromatic rings. The van der Waals surface area contributed by atoms with Gasteiger partial charge in [0.2, 0.25) is 0 Å². The van der Waals surface area contributed by atoms with E-state index in [1.807, 2.05) is 13.8 Å².